The summed E-state index contributed by atoms with van der Waals surface area (Å²) < 4.78 is 15.4. The van der Waals surface area contributed by atoms with Crippen LogP contribution in [0.1, 0.15) is 16.3 Å². The molecule has 0 amide bonds. The quantitative estimate of drug-likeness (QED) is 0.729. The van der Waals surface area contributed by atoms with Crippen LogP contribution >= 0.6 is 0 Å². The molecule has 6 nitrogen and oxygen atoms in total. The molecule has 0 unspecified atom stereocenters. The molecule has 0 spiro atoms. The first-order valence-electron chi connectivity index (χ1n) is 7.05. The number of esters is 1. The SMILES string of the molecule is COC(=O)c1ccc(CNc2ccnc3c(OC)cccc23)o1. The molecule has 23 heavy (non-hydrogen) atoms. The molecule has 0 aliphatic carbocycles. The van der Waals surface area contributed by atoms with Gasteiger partial charge in [0.25, 0.3) is 0 Å². The van der Waals surface area contributed by atoms with Gasteiger partial charge in [-0.3, -0.25) is 4.98 Å². The van der Waals surface area contributed by atoms with Crippen LogP contribution in [0.15, 0.2) is 47.0 Å². The zero-order valence-electron chi connectivity index (χ0n) is 12.8. The number of aromatic nitrogens is 1. The zero-order chi connectivity index (χ0) is 16.2. The summed E-state index contributed by atoms with van der Waals surface area (Å²) >= 11 is 0. The van der Waals surface area contributed by atoms with Crippen LogP contribution in [0.5, 0.6) is 5.75 Å². The van der Waals surface area contributed by atoms with Gasteiger partial charge in [-0.05, 0) is 24.3 Å². The van der Waals surface area contributed by atoms with E-state index in [4.69, 9.17) is 9.15 Å². The topological polar surface area (TPSA) is 73.6 Å². The van der Waals surface area contributed by atoms with E-state index in [1.807, 2.05) is 24.3 Å². The highest BCUT2D eigenvalue weighted by molar-refractivity contribution is 5.94. The van der Waals surface area contributed by atoms with Crippen molar-refractivity contribution in [3.8, 4) is 5.75 Å². The van der Waals surface area contributed by atoms with Crippen molar-refractivity contribution in [2.24, 2.45) is 0 Å². The predicted molar refractivity (Wildman–Crippen MR) is 85.7 cm³/mol. The minimum atomic E-state index is -0.490. The standard InChI is InChI=1S/C17H16N2O4/c1-21-14-5-3-4-12-13(8-9-18-16(12)14)19-10-11-6-7-15(23-11)17(20)22-2/h3-9H,10H2,1-2H3,(H,18,19). The van der Waals surface area contributed by atoms with Gasteiger partial charge in [-0.25, -0.2) is 4.79 Å². The van der Waals surface area contributed by atoms with Crippen LogP contribution in [0.2, 0.25) is 0 Å². The van der Waals surface area contributed by atoms with Gasteiger partial charge in [-0.1, -0.05) is 12.1 Å². The van der Waals surface area contributed by atoms with Crippen LogP contribution in [-0.2, 0) is 11.3 Å². The van der Waals surface area contributed by atoms with E-state index < -0.39 is 5.97 Å². The third-order valence-corrected chi connectivity index (χ3v) is 3.46. The maximum Gasteiger partial charge on any atom is 0.373 e. The van der Waals surface area contributed by atoms with Crippen LogP contribution in [0.4, 0.5) is 5.69 Å². The molecule has 0 aliphatic rings. The second kappa shape index (κ2) is 6.39. The van der Waals surface area contributed by atoms with E-state index in [1.165, 1.54) is 7.11 Å². The van der Waals surface area contributed by atoms with Gasteiger partial charge in [0.15, 0.2) is 0 Å². The largest absolute Gasteiger partial charge is 0.494 e. The molecular weight excluding hydrogens is 296 g/mol. The summed E-state index contributed by atoms with van der Waals surface area (Å²) in [4.78, 5) is 15.7. The molecule has 3 aromatic rings. The third-order valence-electron chi connectivity index (χ3n) is 3.46. The molecule has 0 atom stereocenters. The Labute approximate surface area is 133 Å². The van der Waals surface area contributed by atoms with Gasteiger partial charge in [0.05, 0.1) is 20.8 Å². The van der Waals surface area contributed by atoms with Crippen molar-refractivity contribution in [1.29, 1.82) is 0 Å². The van der Waals surface area contributed by atoms with Crippen LogP contribution in [0.3, 0.4) is 0 Å². The normalized spacial score (nSPS) is 10.5. The fourth-order valence-corrected chi connectivity index (χ4v) is 2.33. The minimum Gasteiger partial charge on any atom is -0.494 e. The monoisotopic (exact) mass is 312 g/mol. The fraction of sp³-hybridized carbons (Fsp3) is 0.176. The van der Waals surface area contributed by atoms with Gasteiger partial charge < -0.3 is 19.2 Å². The average Bonchev–Trinajstić information content (AvgIpc) is 3.07. The Kier molecular flexibility index (Phi) is 4.14. The van der Waals surface area contributed by atoms with Crippen molar-refractivity contribution in [1.82, 2.24) is 4.98 Å². The lowest BCUT2D eigenvalue weighted by Crippen LogP contribution is -2.01. The van der Waals surface area contributed by atoms with Crippen molar-refractivity contribution < 1.29 is 18.7 Å². The Morgan fingerprint density at radius 2 is 2.09 bits per heavy atom. The number of fused-ring (bicyclic) bond motifs is 1. The van der Waals surface area contributed by atoms with Crippen LogP contribution in [0.25, 0.3) is 10.9 Å². The summed E-state index contributed by atoms with van der Waals surface area (Å²) in [5, 5.41) is 4.23. The summed E-state index contributed by atoms with van der Waals surface area (Å²) in [7, 11) is 2.94. The van der Waals surface area contributed by atoms with E-state index in [0.29, 0.717) is 12.3 Å². The average molecular weight is 312 g/mol. The first-order valence-corrected chi connectivity index (χ1v) is 7.05. The van der Waals surface area contributed by atoms with Gasteiger partial charge >= 0.3 is 5.97 Å². The smallest absolute Gasteiger partial charge is 0.373 e. The number of anilines is 1. The number of nitrogens with zero attached hydrogens (tertiary/aromatic N) is 1. The molecule has 0 radical (unpaired) electrons. The zero-order valence-corrected chi connectivity index (χ0v) is 12.8. The van der Waals surface area contributed by atoms with Crippen molar-refractivity contribution >= 4 is 22.6 Å². The van der Waals surface area contributed by atoms with E-state index in [0.717, 1.165) is 22.3 Å². The van der Waals surface area contributed by atoms with Gasteiger partial charge in [0, 0.05) is 17.3 Å². The minimum absolute atomic E-state index is 0.186. The lowest BCUT2D eigenvalue weighted by Gasteiger charge is -2.10. The molecule has 2 aromatic heterocycles. The first-order chi connectivity index (χ1) is 11.2. The number of ether oxygens (including phenoxy) is 2. The van der Waals surface area contributed by atoms with Crippen LogP contribution < -0.4 is 10.1 Å². The Hall–Kier alpha value is -3.02. The first kappa shape index (κ1) is 14.9. The van der Waals surface area contributed by atoms with Crippen molar-refractivity contribution in [3.05, 3.63) is 54.1 Å². The molecule has 6 heteroatoms. The second-order valence-corrected chi connectivity index (χ2v) is 4.83. The Morgan fingerprint density at radius 1 is 1.22 bits per heavy atom. The summed E-state index contributed by atoms with van der Waals surface area (Å²) in [6.07, 6.45) is 1.72. The van der Waals surface area contributed by atoms with Crippen molar-refractivity contribution in [3.63, 3.8) is 0 Å². The number of nitrogens with one attached hydrogen (secondary N) is 1. The molecule has 0 aliphatic heterocycles. The predicted octanol–water partition coefficient (Wildman–Crippen LogP) is 3.24. The van der Waals surface area contributed by atoms with E-state index in [9.17, 15) is 4.79 Å². The highest BCUT2D eigenvalue weighted by Crippen LogP contribution is 2.28. The number of furan rings is 1. The highest BCUT2D eigenvalue weighted by Gasteiger charge is 2.11. The molecular formula is C17H16N2O4. The molecule has 1 N–H and O–H groups in total. The third kappa shape index (κ3) is 2.96. The van der Waals surface area contributed by atoms with Crippen molar-refractivity contribution in [2.45, 2.75) is 6.54 Å². The molecule has 1 aromatic carbocycles. The molecule has 118 valence electrons. The lowest BCUT2D eigenvalue weighted by atomic mass is 10.1. The molecule has 3 rings (SSSR count). The Morgan fingerprint density at radius 3 is 2.87 bits per heavy atom. The number of benzene rings is 1. The van der Waals surface area contributed by atoms with E-state index in [2.05, 4.69) is 15.0 Å². The lowest BCUT2D eigenvalue weighted by molar-refractivity contribution is 0.0563. The number of methoxy groups -OCH3 is 2. The fourth-order valence-electron chi connectivity index (χ4n) is 2.33. The Balaban J connectivity index is 1.82. The number of carbonyl (C=O) groups excluding carboxylic acids is 1. The summed E-state index contributed by atoms with van der Waals surface area (Å²) in [6, 6.07) is 11.0. The number of hydrogen-bond acceptors (Lipinski definition) is 6. The van der Waals surface area contributed by atoms with Gasteiger partial charge in [0.1, 0.15) is 17.0 Å². The maximum absolute atomic E-state index is 11.4. The van der Waals surface area contributed by atoms with Crippen LogP contribution in [-0.4, -0.2) is 25.2 Å². The number of carbonyl (C=O) groups is 1. The van der Waals surface area contributed by atoms with Gasteiger partial charge in [0.2, 0.25) is 5.76 Å². The van der Waals surface area contributed by atoms with Gasteiger partial charge in [-0.15, -0.1) is 0 Å². The molecule has 0 saturated carbocycles. The summed E-state index contributed by atoms with van der Waals surface area (Å²) in [5.41, 5.74) is 1.69. The van der Waals surface area contributed by atoms with E-state index >= 15 is 0 Å². The number of hydrogen-bond donors (Lipinski definition) is 1. The second-order valence-electron chi connectivity index (χ2n) is 4.83. The van der Waals surface area contributed by atoms with E-state index in [-0.39, 0.29) is 5.76 Å². The van der Waals surface area contributed by atoms with Crippen LogP contribution in [0, 0.1) is 0 Å². The highest BCUT2D eigenvalue weighted by atomic mass is 16.5. The molecule has 0 saturated heterocycles. The summed E-state index contributed by atoms with van der Waals surface area (Å²) in [6.45, 7) is 0.438. The van der Waals surface area contributed by atoms with Crippen molar-refractivity contribution in [2.75, 3.05) is 19.5 Å². The van der Waals surface area contributed by atoms with E-state index in [1.54, 1.807) is 25.4 Å². The molecule has 2 heterocycles. The molecule has 0 bridgehead atoms. The summed E-state index contributed by atoms with van der Waals surface area (Å²) in [5.74, 6) is 1.05. The maximum atomic E-state index is 11.4. The van der Waals surface area contributed by atoms with Gasteiger partial charge in [-0.2, -0.15) is 0 Å². The number of para-hydroxylation sites is 1. The molecule has 0 fully saturated rings. The Bertz CT molecular complexity index is 841. The number of rotatable bonds is 5. The number of pyridine rings is 1.